The van der Waals surface area contributed by atoms with Crippen molar-refractivity contribution in [1.29, 1.82) is 0 Å². The highest BCUT2D eigenvalue weighted by Crippen LogP contribution is 2.42. The summed E-state index contributed by atoms with van der Waals surface area (Å²) in [7, 11) is 3.88. The molecule has 3 N–H and O–H groups in total. The van der Waals surface area contributed by atoms with Crippen LogP contribution in [0.15, 0.2) is 24.5 Å². The first-order valence-corrected chi connectivity index (χ1v) is 6.88. The van der Waals surface area contributed by atoms with Gasteiger partial charge in [-0.2, -0.15) is 5.10 Å². The molecule has 1 aliphatic rings. The van der Waals surface area contributed by atoms with Crippen molar-refractivity contribution in [3.63, 3.8) is 0 Å². The van der Waals surface area contributed by atoms with E-state index >= 15 is 0 Å². The summed E-state index contributed by atoms with van der Waals surface area (Å²) >= 11 is 0. The number of nitrogens with one attached hydrogen (secondary N) is 3. The Balaban J connectivity index is 1.62. The summed E-state index contributed by atoms with van der Waals surface area (Å²) in [5.74, 6) is 1.01. The fourth-order valence-electron chi connectivity index (χ4n) is 2.07. The van der Waals surface area contributed by atoms with Crippen LogP contribution in [0.1, 0.15) is 24.5 Å². The summed E-state index contributed by atoms with van der Waals surface area (Å²) in [6.07, 6.45) is 5.64. The second-order valence-electron chi connectivity index (χ2n) is 5.35. The Morgan fingerprint density at radius 1 is 1.29 bits per heavy atom. The molecule has 3 rings (SSSR count). The molecule has 7 nitrogen and oxygen atoms in total. The SMILES string of the molecule is CN(C)c1ccc(NC(=O)Nc2cn[nH]c2C2CC2)nc1. The lowest BCUT2D eigenvalue weighted by Gasteiger charge is -2.12. The standard InChI is InChI=1S/C14H18N6O/c1-20(2)10-5-6-12(15-7-10)18-14(21)17-11-8-16-19-13(11)9-3-4-9/h5-9H,3-4H2,1-2H3,(H,16,19)(H2,15,17,18,21). The molecular formula is C14H18N6O. The molecule has 1 aliphatic carbocycles. The van der Waals surface area contributed by atoms with Gasteiger partial charge in [-0.15, -0.1) is 0 Å². The molecule has 2 aromatic heterocycles. The van der Waals surface area contributed by atoms with Gasteiger partial charge in [0.05, 0.1) is 29.5 Å². The van der Waals surface area contributed by atoms with E-state index in [4.69, 9.17) is 0 Å². The van der Waals surface area contributed by atoms with E-state index in [-0.39, 0.29) is 6.03 Å². The number of rotatable bonds is 4. The van der Waals surface area contributed by atoms with Crippen LogP contribution in [0.3, 0.4) is 0 Å². The van der Waals surface area contributed by atoms with Crippen LogP contribution in [0.2, 0.25) is 0 Å². The van der Waals surface area contributed by atoms with Crippen molar-refractivity contribution in [3.8, 4) is 0 Å². The zero-order valence-electron chi connectivity index (χ0n) is 12.1. The largest absolute Gasteiger partial charge is 0.376 e. The quantitative estimate of drug-likeness (QED) is 0.805. The van der Waals surface area contributed by atoms with Crippen molar-refractivity contribution in [3.05, 3.63) is 30.2 Å². The summed E-state index contributed by atoms with van der Waals surface area (Å²) < 4.78 is 0. The highest BCUT2D eigenvalue weighted by molar-refractivity contribution is 5.99. The van der Waals surface area contributed by atoms with Crippen LogP contribution in [0.5, 0.6) is 0 Å². The zero-order valence-corrected chi connectivity index (χ0v) is 12.1. The van der Waals surface area contributed by atoms with Crippen molar-refractivity contribution in [2.24, 2.45) is 0 Å². The molecule has 0 aromatic carbocycles. The Hall–Kier alpha value is -2.57. The highest BCUT2D eigenvalue weighted by Gasteiger charge is 2.28. The number of urea groups is 1. The second kappa shape index (κ2) is 5.43. The molecule has 0 spiro atoms. The van der Waals surface area contributed by atoms with Gasteiger partial charge in [-0.1, -0.05) is 0 Å². The van der Waals surface area contributed by atoms with Gasteiger partial charge in [0.15, 0.2) is 0 Å². The fraction of sp³-hybridized carbons (Fsp3) is 0.357. The van der Waals surface area contributed by atoms with E-state index in [0.717, 1.165) is 29.9 Å². The minimum Gasteiger partial charge on any atom is -0.376 e. The van der Waals surface area contributed by atoms with Crippen LogP contribution >= 0.6 is 0 Å². The van der Waals surface area contributed by atoms with Crippen LogP contribution in [-0.2, 0) is 0 Å². The van der Waals surface area contributed by atoms with Gasteiger partial charge in [-0.05, 0) is 25.0 Å². The van der Waals surface area contributed by atoms with Crippen LogP contribution in [0.4, 0.5) is 22.0 Å². The molecule has 2 heterocycles. The number of aromatic nitrogens is 3. The maximum atomic E-state index is 12.0. The lowest BCUT2D eigenvalue weighted by atomic mass is 10.2. The minimum atomic E-state index is -0.316. The Morgan fingerprint density at radius 3 is 2.71 bits per heavy atom. The van der Waals surface area contributed by atoms with Crippen molar-refractivity contribution >= 4 is 23.2 Å². The van der Waals surface area contributed by atoms with Gasteiger partial charge in [-0.3, -0.25) is 10.4 Å². The van der Waals surface area contributed by atoms with Gasteiger partial charge in [0.25, 0.3) is 0 Å². The Labute approximate surface area is 122 Å². The number of anilines is 3. The molecule has 1 saturated carbocycles. The van der Waals surface area contributed by atoms with Gasteiger partial charge < -0.3 is 10.2 Å². The number of nitrogens with zero attached hydrogens (tertiary/aromatic N) is 3. The summed E-state index contributed by atoms with van der Waals surface area (Å²) in [6.45, 7) is 0. The number of carbonyl (C=O) groups is 1. The maximum Gasteiger partial charge on any atom is 0.324 e. The molecule has 2 amide bonds. The third kappa shape index (κ3) is 3.13. The van der Waals surface area contributed by atoms with Crippen LogP contribution in [0.25, 0.3) is 0 Å². The fourth-order valence-corrected chi connectivity index (χ4v) is 2.07. The summed E-state index contributed by atoms with van der Waals surface area (Å²) in [5, 5.41) is 12.4. The van der Waals surface area contributed by atoms with Gasteiger partial charge in [0, 0.05) is 20.0 Å². The molecule has 0 atom stereocenters. The third-order valence-electron chi connectivity index (χ3n) is 3.41. The predicted molar refractivity (Wildman–Crippen MR) is 81.8 cm³/mol. The molecule has 1 fully saturated rings. The molecule has 0 unspecified atom stereocenters. The molecule has 0 aliphatic heterocycles. The lowest BCUT2D eigenvalue weighted by molar-refractivity contribution is 0.262. The van der Waals surface area contributed by atoms with Gasteiger partial charge in [-0.25, -0.2) is 9.78 Å². The van der Waals surface area contributed by atoms with Gasteiger partial charge in [0.2, 0.25) is 0 Å². The average Bonchev–Trinajstić information content (AvgIpc) is 3.20. The maximum absolute atomic E-state index is 12.0. The first kappa shape index (κ1) is 13.4. The zero-order chi connectivity index (χ0) is 14.8. The lowest BCUT2D eigenvalue weighted by Crippen LogP contribution is -2.20. The van der Waals surface area contributed by atoms with E-state index < -0.39 is 0 Å². The normalized spacial score (nSPS) is 13.8. The predicted octanol–water partition coefficient (Wildman–Crippen LogP) is 2.39. The molecular weight excluding hydrogens is 268 g/mol. The van der Waals surface area contributed by atoms with Crippen LogP contribution in [0, 0.1) is 0 Å². The first-order chi connectivity index (χ1) is 10.1. The van der Waals surface area contributed by atoms with Crippen molar-refractivity contribution in [2.75, 3.05) is 29.6 Å². The number of carbonyl (C=O) groups excluding carboxylic acids is 1. The van der Waals surface area contributed by atoms with Crippen LogP contribution < -0.4 is 15.5 Å². The molecule has 0 bridgehead atoms. The van der Waals surface area contributed by atoms with Crippen molar-refractivity contribution in [2.45, 2.75) is 18.8 Å². The van der Waals surface area contributed by atoms with E-state index in [2.05, 4.69) is 25.8 Å². The van der Waals surface area contributed by atoms with E-state index in [1.54, 1.807) is 18.5 Å². The summed E-state index contributed by atoms with van der Waals surface area (Å²) in [4.78, 5) is 18.1. The number of hydrogen-bond donors (Lipinski definition) is 3. The summed E-state index contributed by atoms with van der Waals surface area (Å²) in [6, 6.07) is 3.35. The number of hydrogen-bond acceptors (Lipinski definition) is 4. The van der Waals surface area contributed by atoms with E-state index in [1.165, 1.54) is 0 Å². The van der Waals surface area contributed by atoms with E-state index in [9.17, 15) is 4.79 Å². The Kier molecular flexibility index (Phi) is 3.47. The highest BCUT2D eigenvalue weighted by atomic mass is 16.2. The number of H-pyrrole nitrogens is 1. The second-order valence-corrected chi connectivity index (χ2v) is 5.35. The van der Waals surface area contributed by atoms with Crippen molar-refractivity contribution in [1.82, 2.24) is 15.2 Å². The van der Waals surface area contributed by atoms with E-state index in [0.29, 0.717) is 11.7 Å². The third-order valence-corrected chi connectivity index (χ3v) is 3.41. The Bertz CT molecular complexity index is 629. The molecule has 110 valence electrons. The van der Waals surface area contributed by atoms with Crippen LogP contribution in [-0.4, -0.2) is 35.3 Å². The van der Waals surface area contributed by atoms with Crippen molar-refractivity contribution < 1.29 is 4.79 Å². The molecule has 0 saturated heterocycles. The first-order valence-electron chi connectivity index (χ1n) is 6.88. The molecule has 2 aromatic rings. The summed E-state index contributed by atoms with van der Waals surface area (Å²) in [5.41, 5.74) is 2.72. The van der Waals surface area contributed by atoms with E-state index in [1.807, 2.05) is 25.1 Å². The molecule has 7 heteroatoms. The molecule has 0 radical (unpaired) electrons. The number of amides is 2. The topological polar surface area (TPSA) is 85.9 Å². The number of aromatic amines is 1. The minimum absolute atomic E-state index is 0.316. The smallest absolute Gasteiger partial charge is 0.324 e. The number of pyridine rings is 1. The molecule has 21 heavy (non-hydrogen) atoms. The van der Waals surface area contributed by atoms with Gasteiger partial charge in [0.1, 0.15) is 5.82 Å². The Morgan fingerprint density at radius 2 is 2.10 bits per heavy atom. The monoisotopic (exact) mass is 286 g/mol. The van der Waals surface area contributed by atoms with Gasteiger partial charge >= 0.3 is 6.03 Å². The average molecular weight is 286 g/mol.